The van der Waals surface area contributed by atoms with Crippen LogP contribution in [-0.4, -0.2) is 31.3 Å². The van der Waals surface area contributed by atoms with Crippen LogP contribution in [0.3, 0.4) is 0 Å². The summed E-state index contributed by atoms with van der Waals surface area (Å²) in [4.78, 5) is 11.5. The van der Waals surface area contributed by atoms with E-state index in [0.717, 1.165) is 18.7 Å². The molecule has 6 heteroatoms. The van der Waals surface area contributed by atoms with Crippen LogP contribution >= 0.6 is 0 Å². The molecule has 1 aliphatic rings. The number of aromatic nitrogens is 4. The van der Waals surface area contributed by atoms with Crippen molar-refractivity contribution < 1.29 is 9.90 Å². The van der Waals surface area contributed by atoms with Gasteiger partial charge in [0.25, 0.3) is 0 Å². The highest BCUT2D eigenvalue weighted by Crippen LogP contribution is 2.31. The molecule has 21 heavy (non-hydrogen) atoms. The molecule has 1 unspecified atom stereocenters. The van der Waals surface area contributed by atoms with Gasteiger partial charge in [-0.05, 0) is 36.6 Å². The van der Waals surface area contributed by atoms with Crippen LogP contribution in [0, 0.1) is 5.41 Å². The SMILES string of the molecule is CCC(C)(Cn1nnnc1C1CCCCCCC1)C(=O)O. The lowest BCUT2D eigenvalue weighted by molar-refractivity contribution is -0.149. The Kier molecular flexibility index (Phi) is 5.31. The van der Waals surface area contributed by atoms with Gasteiger partial charge in [0.05, 0.1) is 12.0 Å². The van der Waals surface area contributed by atoms with Gasteiger partial charge in [-0.15, -0.1) is 5.10 Å². The van der Waals surface area contributed by atoms with Crippen LogP contribution in [0.5, 0.6) is 0 Å². The normalized spacial score (nSPS) is 20.5. The number of aliphatic carboxylic acids is 1. The second-order valence-electron chi connectivity index (χ2n) is 6.46. The van der Waals surface area contributed by atoms with Crippen LogP contribution in [0.15, 0.2) is 0 Å². The number of carboxylic acid groups (broad SMARTS) is 1. The van der Waals surface area contributed by atoms with Crippen LogP contribution in [0.2, 0.25) is 0 Å². The number of hydrogen-bond acceptors (Lipinski definition) is 4. The maximum absolute atomic E-state index is 11.5. The molecule has 1 saturated carbocycles. The Hall–Kier alpha value is -1.46. The lowest BCUT2D eigenvalue weighted by atomic mass is 9.87. The standard InChI is InChI=1S/C15H26N4O2/c1-3-15(2,14(20)21)11-19-13(16-17-18-19)12-9-7-5-4-6-8-10-12/h12H,3-11H2,1-2H3,(H,20,21). The zero-order valence-corrected chi connectivity index (χ0v) is 13.1. The van der Waals surface area contributed by atoms with Gasteiger partial charge in [0, 0.05) is 5.92 Å². The van der Waals surface area contributed by atoms with Gasteiger partial charge in [-0.1, -0.05) is 39.0 Å². The second-order valence-corrected chi connectivity index (χ2v) is 6.46. The van der Waals surface area contributed by atoms with Crippen molar-refractivity contribution in [3.8, 4) is 0 Å². The van der Waals surface area contributed by atoms with Gasteiger partial charge in [0.1, 0.15) is 0 Å². The molecule has 0 bridgehead atoms. The first-order valence-corrected chi connectivity index (χ1v) is 8.06. The Bertz CT molecular complexity index is 466. The van der Waals surface area contributed by atoms with Crippen LogP contribution in [0.4, 0.5) is 0 Å². The lowest BCUT2D eigenvalue weighted by Crippen LogP contribution is -2.33. The molecule has 1 N–H and O–H groups in total. The van der Waals surface area contributed by atoms with Crippen molar-refractivity contribution in [3.05, 3.63) is 5.82 Å². The highest BCUT2D eigenvalue weighted by Gasteiger charge is 2.34. The van der Waals surface area contributed by atoms with E-state index in [-0.39, 0.29) is 0 Å². The van der Waals surface area contributed by atoms with E-state index in [1.807, 2.05) is 6.92 Å². The van der Waals surface area contributed by atoms with Crippen molar-refractivity contribution in [2.45, 2.75) is 77.7 Å². The third-order valence-electron chi connectivity index (χ3n) is 4.83. The third-order valence-corrected chi connectivity index (χ3v) is 4.83. The summed E-state index contributed by atoms with van der Waals surface area (Å²) in [7, 11) is 0. The zero-order chi connectivity index (χ0) is 15.3. The van der Waals surface area contributed by atoms with Gasteiger partial charge in [-0.25, -0.2) is 4.68 Å². The Balaban J connectivity index is 2.15. The number of carbonyl (C=O) groups is 1. The number of hydrogen-bond donors (Lipinski definition) is 1. The highest BCUT2D eigenvalue weighted by molar-refractivity contribution is 5.73. The summed E-state index contributed by atoms with van der Waals surface area (Å²) in [5, 5.41) is 21.5. The maximum atomic E-state index is 11.5. The molecule has 0 amide bonds. The van der Waals surface area contributed by atoms with E-state index >= 15 is 0 Å². The predicted octanol–water partition coefficient (Wildman–Crippen LogP) is 3.00. The average molecular weight is 294 g/mol. The topological polar surface area (TPSA) is 80.9 Å². The van der Waals surface area contributed by atoms with Crippen molar-refractivity contribution in [1.29, 1.82) is 0 Å². The van der Waals surface area contributed by atoms with E-state index in [1.165, 1.54) is 32.1 Å². The van der Waals surface area contributed by atoms with Gasteiger partial charge in [0.2, 0.25) is 0 Å². The molecule has 1 aliphatic carbocycles. The number of tetrazole rings is 1. The molecule has 1 aromatic heterocycles. The summed E-state index contributed by atoms with van der Waals surface area (Å²) in [6, 6.07) is 0. The maximum Gasteiger partial charge on any atom is 0.311 e. The molecule has 0 spiro atoms. The minimum atomic E-state index is -0.814. The molecule has 1 aromatic rings. The van der Waals surface area contributed by atoms with Crippen molar-refractivity contribution in [2.24, 2.45) is 5.41 Å². The molecule has 0 radical (unpaired) electrons. The third kappa shape index (κ3) is 3.80. The zero-order valence-electron chi connectivity index (χ0n) is 13.1. The summed E-state index contributed by atoms with van der Waals surface area (Å²) in [6.07, 6.45) is 9.08. The van der Waals surface area contributed by atoms with E-state index in [9.17, 15) is 9.90 Å². The summed E-state index contributed by atoms with van der Waals surface area (Å²) >= 11 is 0. The van der Waals surface area contributed by atoms with Gasteiger partial charge in [-0.2, -0.15) is 0 Å². The van der Waals surface area contributed by atoms with Crippen LogP contribution < -0.4 is 0 Å². The largest absolute Gasteiger partial charge is 0.481 e. The van der Waals surface area contributed by atoms with Gasteiger partial charge >= 0.3 is 5.97 Å². The monoisotopic (exact) mass is 294 g/mol. The molecular formula is C15H26N4O2. The molecule has 6 nitrogen and oxygen atoms in total. The van der Waals surface area contributed by atoms with Gasteiger partial charge in [-0.3, -0.25) is 4.79 Å². The second kappa shape index (κ2) is 7.00. The molecule has 1 heterocycles. The van der Waals surface area contributed by atoms with E-state index in [4.69, 9.17) is 0 Å². The highest BCUT2D eigenvalue weighted by atomic mass is 16.4. The Morgan fingerprint density at radius 1 is 1.29 bits per heavy atom. The first-order chi connectivity index (χ1) is 10.1. The summed E-state index contributed by atoms with van der Waals surface area (Å²) in [5.41, 5.74) is -0.814. The average Bonchev–Trinajstić information content (AvgIpc) is 2.86. The summed E-state index contributed by atoms with van der Waals surface area (Å²) < 4.78 is 1.73. The summed E-state index contributed by atoms with van der Waals surface area (Å²) in [6.45, 7) is 4.00. The molecule has 2 rings (SSSR count). The van der Waals surface area contributed by atoms with E-state index in [0.29, 0.717) is 18.9 Å². The van der Waals surface area contributed by atoms with E-state index in [1.54, 1.807) is 11.6 Å². The number of nitrogens with zero attached hydrogens (tertiary/aromatic N) is 4. The fraction of sp³-hybridized carbons (Fsp3) is 0.867. The molecule has 1 fully saturated rings. The van der Waals surface area contributed by atoms with Crippen molar-refractivity contribution >= 4 is 5.97 Å². The fourth-order valence-corrected chi connectivity index (χ4v) is 2.99. The quantitative estimate of drug-likeness (QED) is 0.902. The molecule has 0 aromatic carbocycles. The minimum Gasteiger partial charge on any atom is -0.481 e. The van der Waals surface area contributed by atoms with Crippen LogP contribution in [0.25, 0.3) is 0 Å². The van der Waals surface area contributed by atoms with Gasteiger partial charge in [0.15, 0.2) is 5.82 Å². The molecule has 118 valence electrons. The predicted molar refractivity (Wildman–Crippen MR) is 78.9 cm³/mol. The summed E-state index contributed by atoms with van der Waals surface area (Å²) in [5.74, 6) is 0.456. The van der Waals surface area contributed by atoms with Crippen LogP contribution in [-0.2, 0) is 11.3 Å². The van der Waals surface area contributed by atoms with Crippen molar-refractivity contribution in [1.82, 2.24) is 20.2 Å². The molecule has 0 aliphatic heterocycles. The Morgan fingerprint density at radius 3 is 2.48 bits per heavy atom. The molecule has 0 saturated heterocycles. The van der Waals surface area contributed by atoms with Crippen molar-refractivity contribution in [3.63, 3.8) is 0 Å². The Morgan fingerprint density at radius 2 is 1.90 bits per heavy atom. The first kappa shape index (κ1) is 15.9. The Labute approximate surface area is 125 Å². The first-order valence-electron chi connectivity index (χ1n) is 8.06. The molecule has 1 atom stereocenters. The minimum absolute atomic E-state index is 0.345. The van der Waals surface area contributed by atoms with Gasteiger partial charge < -0.3 is 5.11 Å². The number of carboxylic acids is 1. The number of rotatable bonds is 5. The van der Waals surface area contributed by atoms with E-state index in [2.05, 4.69) is 15.5 Å². The van der Waals surface area contributed by atoms with Crippen molar-refractivity contribution in [2.75, 3.05) is 0 Å². The fourth-order valence-electron chi connectivity index (χ4n) is 2.99. The smallest absolute Gasteiger partial charge is 0.311 e. The molecular weight excluding hydrogens is 268 g/mol. The van der Waals surface area contributed by atoms with Crippen LogP contribution in [0.1, 0.15) is 77.0 Å². The van der Waals surface area contributed by atoms with E-state index < -0.39 is 11.4 Å². The lowest BCUT2D eigenvalue weighted by Gasteiger charge is -2.25.